The largest absolute Gasteiger partial charge is 0.481 e. The summed E-state index contributed by atoms with van der Waals surface area (Å²) in [5.41, 5.74) is -1.13. The van der Waals surface area contributed by atoms with E-state index < -0.39 is 28.1 Å². The van der Waals surface area contributed by atoms with Gasteiger partial charge >= 0.3 is 11.9 Å². The predicted octanol–water partition coefficient (Wildman–Crippen LogP) is 1.03. The second-order valence-corrected chi connectivity index (χ2v) is 4.27. The smallest absolute Gasteiger partial charge is 0.433 e. The van der Waals surface area contributed by atoms with E-state index in [-0.39, 0.29) is 12.3 Å². The van der Waals surface area contributed by atoms with E-state index in [0.29, 0.717) is 0 Å². The minimum Gasteiger partial charge on any atom is -0.481 e. The zero-order valence-electron chi connectivity index (χ0n) is 9.80. The number of nitrogens with one attached hydrogen (secondary N) is 1. The van der Waals surface area contributed by atoms with Gasteiger partial charge in [-0.2, -0.15) is 0 Å². The molecule has 18 heavy (non-hydrogen) atoms. The molecule has 2 N–H and O–H groups in total. The summed E-state index contributed by atoms with van der Waals surface area (Å²) < 4.78 is 4.67. The highest BCUT2D eigenvalue weighted by Gasteiger charge is 2.28. The van der Waals surface area contributed by atoms with Crippen molar-refractivity contribution in [2.24, 2.45) is 5.41 Å². The van der Waals surface area contributed by atoms with Crippen LogP contribution in [0.2, 0.25) is 0 Å². The van der Waals surface area contributed by atoms with Gasteiger partial charge in [-0.1, -0.05) is 0 Å². The second-order valence-electron chi connectivity index (χ2n) is 4.27. The number of carbonyl (C=O) groups excluding carboxylic acids is 1. The van der Waals surface area contributed by atoms with Crippen LogP contribution in [0.3, 0.4) is 0 Å². The minimum atomic E-state index is -1.13. The van der Waals surface area contributed by atoms with Crippen LogP contribution in [-0.4, -0.2) is 28.5 Å². The molecular formula is C10H12N2O6. The summed E-state index contributed by atoms with van der Waals surface area (Å²) in [5, 5.41) is 21.5. The summed E-state index contributed by atoms with van der Waals surface area (Å²) in [5.74, 6) is -2.54. The number of carboxylic acids is 1. The van der Waals surface area contributed by atoms with Gasteiger partial charge in [0, 0.05) is 6.54 Å². The molecule has 0 aliphatic heterocycles. The lowest BCUT2D eigenvalue weighted by molar-refractivity contribution is -0.402. The Kier molecular flexibility index (Phi) is 3.70. The Morgan fingerprint density at radius 3 is 2.56 bits per heavy atom. The van der Waals surface area contributed by atoms with Gasteiger partial charge in [-0.3, -0.25) is 19.7 Å². The highest BCUT2D eigenvalue weighted by atomic mass is 16.6. The third kappa shape index (κ3) is 3.06. The Balaban J connectivity index is 2.66. The number of nitrogens with zero attached hydrogens (tertiary/aromatic N) is 1. The Bertz CT molecular complexity index is 490. The van der Waals surface area contributed by atoms with Crippen LogP contribution in [0.5, 0.6) is 0 Å². The Hall–Kier alpha value is -2.38. The lowest BCUT2D eigenvalue weighted by Gasteiger charge is -2.18. The predicted molar refractivity (Wildman–Crippen MR) is 59.1 cm³/mol. The maximum Gasteiger partial charge on any atom is 0.433 e. The van der Waals surface area contributed by atoms with Gasteiger partial charge < -0.3 is 14.8 Å². The van der Waals surface area contributed by atoms with Crippen molar-refractivity contribution in [3.63, 3.8) is 0 Å². The molecule has 1 amide bonds. The van der Waals surface area contributed by atoms with E-state index in [2.05, 4.69) is 9.73 Å². The normalized spacial score (nSPS) is 11.0. The quantitative estimate of drug-likeness (QED) is 0.599. The van der Waals surface area contributed by atoms with Gasteiger partial charge in [0.15, 0.2) is 5.76 Å². The van der Waals surface area contributed by atoms with Gasteiger partial charge in [0.1, 0.15) is 4.92 Å². The van der Waals surface area contributed by atoms with Crippen LogP contribution in [0, 0.1) is 15.5 Å². The van der Waals surface area contributed by atoms with Crippen molar-refractivity contribution in [2.75, 3.05) is 6.54 Å². The number of rotatable bonds is 5. The average Bonchev–Trinajstić information content (AvgIpc) is 2.75. The number of aliphatic carboxylic acids is 1. The van der Waals surface area contributed by atoms with Gasteiger partial charge in [0.05, 0.1) is 11.5 Å². The van der Waals surface area contributed by atoms with E-state index in [0.717, 1.165) is 12.1 Å². The van der Waals surface area contributed by atoms with Crippen molar-refractivity contribution in [2.45, 2.75) is 13.8 Å². The van der Waals surface area contributed by atoms with Crippen molar-refractivity contribution in [1.82, 2.24) is 5.32 Å². The standard InChI is InChI=1S/C10H12N2O6/c1-10(2,9(14)15)5-11-8(13)6-3-4-7(18-6)12(16)17/h3-4H,5H2,1-2H3,(H,11,13)(H,14,15). The fourth-order valence-corrected chi connectivity index (χ4v) is 1.01. The fraction of sp³-hybridized carbons (Fsp3) is 0.400. The topological polar surface area (TPSA) is 123 Å². The molecule has 8 nitrogen and oxygen atoms in total. The van der Waals surface area contributed by atoms with E-state index in [4.69, 9.17) is 5.11 Å². The molecule has 0 atom stereocenters. The molecule has 0 unspecified atom stereocenters. The molecule has 0 fully saturated rings. The molecule has 0 saturated carbocycles. The number of hydrogen-bond acceptors (Lipinski definition) is 5. The highest BCUT2D eigenvalue weighted by molar-refractivity contribution is 5.92. The molecule has 0 spiro atoms. The maximum absolute atomic E-state index is 11.5. The van der Waals surface area contributed by atoms with Crippen molar-refractivity contribution in [3.8, 4) is 0 Å². The van der Waals surface area contributed by atoms with Crippen LogP contribution >= 0.6 is 0 Å². The summed E-state index contributed by atoms with van der Waals surface area (Å²) in [6.07, 6.45) is 0. The van der Waals surface area contributed by atoms with Gasteiger partial charge in [-0.05, 0) is 19.9 Å². The van der Waals surface area contributed by atoms with E-state index in [1.165, 1.54) is 13.8 Å². The molecular weight excluding hydrogens is 244 g/mol. The zero-order chi connectivity index (χ0) is 13.9. The van der Waals surface area contributed by atoms with Gasteiger partial charge in [-0.15, -0.1) is 0 Å². The maximum atomic E-state index is 11.5. The fourth-order valence-electron chi connectivity index (χ4n) is 1.01. The molecule has 98 valence electrons. The van der Waals surface area contributed by atoms with Crippen LogP contribution in [0.25, 0.3) is 0 Å². The molecule has 0 radical (unpaired) electrons. The SMILES string of the molecule is CC(C)(CNC(=O)c1ccc([N+](=O)[O-])o1)C(=O)O. The van der Waals surface area contributed by atoms with Crippen molar-refractivity contribution < 1.29 is 24.0 Å². The number of hydrogen-bond donors (Lipinski definition) is 2. The molecule has 0 aliphatic rings. The third-order valence-corrected chi connectivity index (χ3v) is 2.27. The number of carboxylic acid groups (broad SMARTS) is 1. The van der Waals surface area contributed by atoms with E-state index >= 15 is 0 Å². The lowest BCUT2D eigenvalue weighted by atomic mass is 9.94. The molecule has 1 aromatic rings. The number of carbonyl (C=O) groups is 2. The third-order valence-electron chi connectivity index (χ3n) is 2.27. The van der Waals surface area contributed by atoms with Crippen LogP contribution in [0.4, 0.5) is 5.88 Å². The first-order chi connectivity index (χ1) is 8.24. The Labute approximate surface area is 102 Å². The van der Waals surface area contributed by atoms with E-state index in [1.54, 1.807) is 0 Å². The number of furan rings is 1. The first-order valence-electron chi connectivity index (χ1n) is 5.00. The zero-order valence-corrected chi connectivity index (χ0v) is 9.80. The summed E-state index contributed by atoms with van der Waals surface area (Å²) in [6, 6.07) is 2.21. The molecule has 0 aromatic carbocycles. The van der Waals surface area contributed by atoms with E-state index in [9.17, 15) is 19.7 Å². The average molecular weight is 256 g/mol. The van der Waals surface area contributed by atoms with Crippen LogP contribution < -0.4 is 5.32 Å². The molecule has 0 saturated heterocycles. The van der Waals surface area contributed by atoms with E-state index in [1.807, 2.05) is 0 Å². The van der Waals surface area contributed by atoms with Crippen LogP contribution in [0.1, 0.15) is 24.4 Å². The second kappa shape index (κ2) is 4.86. The highest BCUT2D eigenvalue weighted by Crippen LogP contribution is 2.17. The minimum absolute atomic E-state index is 0.115. The molecule has 1 aromatic heterocycles. The summed E-state index contributed by atoms with van der Waals surface area (Å²) >= 11 is 0. The first kappa shape index (κ1) is 13.7. The summed E-state index contributed by atoms with van der Waals surface area (Å²) in [7, 11) is 0. The molecule has 8 heteroatoms. The molecule has 0 bridgehead atoms. The van der Waals surface area contributed by atoms with Gasteiger partial charge in [0.2, 0.25) is 0 Å². The molecule has 0 aliphatic carbocycles. The summed E-state index contributed by atoms with van der Waals surface area (Å²) in [4.78, 5) is 31.9. The lowest BCUT2D eigenvalue weighted by Crippen LogP contribution is -2.38. The molecule has 1 heterocycles. The Morgan fingerprint density at radius 2 is 2.11 bits per heavy atom. The van der Waals surface area contributed by atoms with Crippen LogP contribution in [-0.2, 0) is 4.79 Å². The first-order valence-corrected chi connectivity index (χ1v) is 5.00. The van der Waals surface area contributed by atoms with Crippen LogP contribution in [0.15, 0.2) is 16.5 Å². The van der Waals surface area contributed by atoms with Gasteiger partial charge in [-0.25, -0.2) is 0 Å². The van der Waals surface area contributed by atoms with Crippen molar-refractivity contribution >= 4 is 17.8 Å². The van der Waals surface area contributed by atoms with Crippen molar-refractivity contribution in [3.05, 3.63) is 28.0 Å². The summed E-state index contributed by atoms with van der Waals surface area (Å²) in [6.45, 7) is 2.77. The monoisotopic (exact) mass is 256 g/mol. The Morgan fingerprint density at radius 1 is 1.50 bits per heavy atom. The van der Waals surface area contributed by atoms with Crippen molar-refractivity contribution in [1.29, 1.82) is 0 Å². The number of nitro groups is 1. The number of amides is 1. The molecule has 1 rings (SSSR count). The van der Waals surface area contributed by atoms with Gasteiger partial charge in [0.25, 0.3) is 5.91 Å².